The molecule has 1 N–H and O–H groups in total. The molecule has 0 saturated carbocycles. The van der Waals surface area contributed by atoms with Gasteiger partial charge in [0.15, 0.2) is 0 Å². The second-order valence-corrected chi connectivity index (χ2v) is 6.75. The molecule has 28 heavy (non-hydrogen) atoms. The summed E-state index contributed by atoms with van der Waals surface area (Å²) in [5.74, 6) is 0.774. The summed E-state index contributed by atoms with van der Waals surface area (Å²) in [4.78, 5) is 19.2. The van der Waals surface area contributed by atoms with Gasteiger partial charge in [0.05, 0.1) is 0 Å². The SMILES string of the molecule is CCN(Cc1ccccc1)c1cc(C(=O)NCCCc2ccccc2)ccn1. The first-order valence-electron chi connectivity index (χ1n) is 9.83. The third kappa shape index (κ3) is 5.68. The minimum Gasteiger partial charge on any atom is -0.353 e. The maximum Gasteiger partial charge on any atom is 0.251 e. The highest BCUT2D eigenvalue weighted by atomic mass is 16.1. The van der Waals surface area contributed by atoms with Crippen molar-refractivity contribution < 1.29 is 4.79 Å². The average molecular weight is 374 g/mol. The van der Waals surface area contributed by atoms with Crippen molar-refractivity contribution in [3.8, 4) is 0 Å². The lowest BCUT2D eigenvalue weighted by Crippen LogP contribution is -2.26. The first-order valence-corrected chi connectivity index (χ1v) is 9.83. The summed E-state index contributed by atoms with van der Waals surface area (Å²) in [7, 11) is 0. The Hall–Kier alpha value is -3.14. The van der Waals surface area contributed by atoms with Crippen LogP contribution in [0.3, 0.4) is 0 Å². The van der Waals surface area contributed by atoms with Crippen LogP contribution in [0.5, 0.6) is 0 Å². The van der Waals surface area contributed by atoms with Crippen molar-refractivity contribution >= 4 is 11.7 Å². The lowest BCUT2D eigenvalue weighted by atomic mass is 10.1. The number of pyridine rings is 1. The smallest absolute Gasteiger partial charge is 0.251 e. The zero-order chi connectivity index (χ0) is 19.6. The molecule has 144 valence electrons. The molecule has 0 unspecified atom stereocenters. The molecule has 1 amide bonds. The fourth-order valence-electron chi connectivity index (χ4n) is 3.13. The largest absolute Gasteiger partial charge is 0.353 e. The van der Waals surface area contributed by atoms with E-state index in [1.807, 2.05) is 42.5 Å². The van der Waals surface area contributed by atoms with E-state index in [0.29, 0.717) is 12.1 Å². The van der Waals surface area contributed by atoms with Gasteiger partial charge in [-0.05, 0) is 43.0 Å². The minimum atomic E-state index is -0.0486. The molecule has 0 aliphatic carbocycles. The molecule has 0 atom stereocenters. The summed E-state index contributed by atoms with van der Waals surface area (Å²) in [6.45, 7) is 4.35. The van der Waals surface area contributed by atoms with Crippen LogP contribution in [0.4, 0.5) is 5.82 Å². The maximum atomic E-state index is 12.5. The highest BCUT2D eigenvalue weighted by Gasteiger charge is 2.11. The summed E-state index contributed by atoms with van der Waals surface area (Å²) < 4.78 is 0. The fourth-order valence-corrected chi connectivity index (χ4v) is 3.13. The van der Waals surface area contributed by atoms with Crippen molar-refractivity contribution in [2.45, 2.75) is 26.3 Å². The van der Waals surface area contributed by atoms with Gasteiger partial charge in [-0.15, -0.1) is 0 Å². The van der Waals surface area contributed by atoms with Gasteiger partial charge >= 0.3 is 0 Å². The van der Waals surface area contributed by atoms with Crippen LogP contribution >= 0.6 is 0 Å². The topological polar surface area (TPSA) is 45.2 Å². The van der Waals surface area contributed by atoms with Gasteiger partial charge in [0.2, 0.25) is 0 Å². The van der Waals surface area contributed by atoms with Gasteiger partial charge in [0, 0.05) is 31.4 Å². The lowest BCUT2D eigenvalue weighted by molar-refractivity contribution is 0.0953. The number of aromatic nitrogens is 1. The molecular formula is C24H27N3O. The summed E-state index contributed by atoms with van der Waals surface area (Å²) in [5.41, 5.74) is 3.17. The molecular weight excluding hydrogens is 346 g/mol. The van der Waals surface area contributed by atoms with Gasteiger partial charge in [-0.1, -0.05) is 60.7 Å². The van der Waals surface area contributed by atoms with Gasteiger partial charge in [-0.25, -0.2) is 4.98 Å². The molecule has 1 heterocycles. The van der Waals surface area contributed by atoms with E-state index in [1.54, 1.807) is 12.3 Å². The van der Waals surface area contributed by atoms with Crippen LogP contribution in [0.25, 0.3) is 0 Å². The Kier molecular flexibility index (Phi) is 7.19. The predicted molar refractivity (Wildman–Crippen MR) is 114 cm³/mol. The standard InChI is InChI=1S/C24H27N3O/c1-2-27(19-21-12-7-4-8-13-21)23-18-22(15-17-25-23)24(28)26-16-9-14-20-10-5-3-6-11-20/h3-8,10-13,15,17-18H,2,9,14,16,19H2,1H3,(H,26,28). The van der Waals surface area contributed by atoms with Crippen LogP contribution < -0.4 is 10.2 Å². The zero-order valence-corrected chi connectivity index (χ0v) is 16.3. The van der Waals surface area contributed by atoms with Crippen molar-refractivity contribution in [1.29, 1.82) is 0 Å². The number of carbonyl (C=O) groups excluding carboxylic acids is 1. The van der Waals surface area contributed by atoms with Crippen LogP contribution in [0, 0.1) is 0 Å². The van der Waals surface area contributed by atoms with E-state index >= 15 is 0 Å². The molecule has 0 bridgehead atoms. The number of hydrogen-bond donors (Lipinski definition) is 1. The summed E-state index contributed by atoms with van der Waals surface area (Å²) >= 11 is 0. The molecule has 0 aliphatic rings. The Morgan fingerprint density at radius 2 is 1.64 bits per heavy atom. The number of nitrogens with zero attached hydrogens (tertiary/aromatic N) is 2. The molecule has 4 heteroatoms. The van der Waals surface area contributed by atoms with Crippen LogP contribution in [0.15, 0.2) is 79.0 Å². The molecule has 0 saturated heterocycles. The monoisotopic (exact) mass is 373 g/mol. The molecule has 0 aliphatic heterocycles. The highest BCUT2D eigenvalue weighted by Crippen LogP contribution is 2.16. The van der Waals surface area contributed by atoms with Crippen LogP contribution in [-0.4, -0.2) is 24.0 Å². The van der Waals surface area contributed by atoms with E-state index in [9.17, 15) is 4.79 Å². The Labute approximate surface area is 167 Å². The Morgan fingerprint density at radius 1 is 0.964 bits per heavy atom. The van der Waals surface area contributed by atoms with Crippen molar-refractivity contribution in [1.82, 2.24) is 10.3 Å². The molecule has 4 nitrogen and oxygen atoms in total. The van der Waals surface area contributed by atoms with Crippen LogP contribution in [0.1, 0.15) is 34.8 Å². The maximum absolute atomic E-state index is 12.5. The number of carbonyl (C=O) groups is 1. The summed E-state index contributed by atoms with van der Waals surface area (Å²) in [6.07, 6.45) is 3.59. The predicted octanol–water partition coefficient (Wildman–Crippen LogP) is 4.47. The second-order valence-electron chi connectivity index (χ2n) is 6.75. The summed E-state index contributed by atoms with van der Waals surface area (Å²) in [6, 6.07) is 24.3. The van der Waals surface area contributed by atoms with Crippen molar-refractivity contribution in [3.63, 3.8) is 0 Å². The van der Waals surface area contributed by atoms with Gasteiger partial charge in [-0.2, -0.15) is 0 Å². The van der Waals surface area contributed by atoms with E-state index in [4.69, 9.17) is 0 Å². The Balaban J connectivity index is 1.56. The van der Waals surface area contributed by atoms with E-state index in [2.05, 4.69) is 46.4 Å². The molecule has 0 fully saturated rings. The van der Waals surface area contributed by atoms with E-state index in [0.717, 1.165) is 31.7 Å². The summed E-state index contributed by atoms with van der Waals surface area (Å²) in [5, 5.41) is 3.02. The molecule has 0 radical (unpaired) electrons. The molecule has 1 aromatic heterocycles. The van der Waals surface area contributed by atoms with Crippen molar-refractivity contribution in [3.05, 3.63) is 95.7 Å². The third-order valence-electron chi connectivity index (χ3n) is 4.70. The molecule has 2 aromatic carbocycles. The first-order chi connectivity index (χ1) is 13.8. The first kappa shape index (κ1) is 19.6. The highest BCUT2D eigenvalue weighted by molar-refractivity contribution is 5.94. The van der Waals surface area contributed by atoms with E-state index in [-0.39, 0.29) is 5.91 Å². The van der Waals surface area contributed by atoms with Crippen LogP contribution in [0.2, 0.25) is 0 Å². The molecule has 3 aromatic rings. The van der Waals surface area contributed by atoms with Gasteiger partial charge in [0.1, 0.15) is 5.82 Å². The number of rotatable bonds is 9. The third-order valence-corrected chi connectivity index (χ3v) is 4.70. The Morgan fingerprint density at radius 3 is 2.32 bits per heavy atom. The number of amides is 1. The normalized spacial score (nSPS) is 10.5. The van der Waals surface area contributed by atoms with Gasteiger partial charge in [0.25, 0.3) is 5.91 Å². The van der Waals surface area contributed by atoms with Gasteiger partial charge in [-0.3, -0.25) is 4.79 Å². The van der Waals surface area contributed by atoms with E-state index in [1.165, 1.54) is 11.1 Å². The lowest BCUT2D eigenvalue weighted by Gasteiger charge is -2.22. The molecule has 3 rings (SSSR count). The van der Waals surface area contributed by atoms with Crippen LogP contribution in [-0.2, 0) is 13.0 Å². The second kappa shape index (κ2) is 10.3. The fraction of sp³-hybridized carbons (Fsp3) is 0.250. The number of benzene rings is 2. The van der Waals surface area contributed by atoms with Gasteiger partial charge < -0.3 is 10.2 Å². The van der Waals surface area contributed by atoms with Crippen molar-refractivity contribution in [2.75, 3.05) is 18.0 Å². The zero-order valence-electron chi connectivity index (χ0n) is 16.3. The molecule has 0 spiro atoms. The number of aryl methyl sites for hydroxylation is 1. The minimum absolute atomic E-state index is 0.0486. The number of nitrogens with one attached hydrogen (secondary N) is 1. The van der Waals surface area contributed by atoms with Crippen molar-refractivity contribution in [2.24, 2.45) is 0 Å². The quantitative estimate of drug-likeness (QED) is 0.563. The Bertz CT molecular complexity index is 865. The number of anilines is 1. The number of hydrogen-bond acceptors (Lipinski definition) is 3. The van der Waals surface area contributed by atoms with E-state index < -0.39 is 0 Å². The average Bonchev–Trinajstić information content (AvgIpc) is 2.76.